The molecule has 1 aromatic rings. The van der Waals surface area contributed by atoms with Crippen molar-refractivity contribution in [3.63, 3.8) is 0 Å². The van der Waals surface area contributed by atoms with Crippen LogP contribution in [0.5, 0.6) is 0 Å². The van der Waals surface area contributed by atoms with E-state index in [9.17, 15) is 4.79 Å². The van der Waals surface area contributed by atoms with Gasteiger partial charge in [0, 0.05) is 37.9 Å². The fourth-order valence-electron chi connectivity index (χ4n) is 2.05. The van der Waals surface area contributed by atoms with E-state index in [0.29, 0.717) is 13.2 Å². The molecule has 0 saturated carbocycles. The van der Waals surface area contributed by atoms with Crippen LogP contribution in [-0.4, -0.2) is 38.3 Å². The van der Waals surface area contributed by atoms with E-state index in [-0.39, 0.29) is 11.4 Å². The van der Waals surface area contributed by atoms with Crippen LogP contribution in [0.15, 0.2) is 24.3 Å². The van der Waals surface area contributed by atoms with Crippen molar-refractivity contribution in [2.75, 3.05) is 32.2 Å². The van der Waals surface area contributed by atoms with Crippen molar-refractivity contribution in [3.8, 4) is 0 Å². The number of ketones is 1. The Hall–Kier alpha value is -1.39. The number of rotatable bonds is 5. The molecule has 1 fully saturated rings. The number of carbonyl (C=O) groups excluding carboxylic acids is 1. The van der Waals surface area contributed by atoms with E-state index in [0.717, 1.165) is 24.3 Å². The minimum Gasteiger partial charge on any atom is -0.382 e. The van der Waals surface area contributed by atoms with E-state index < -0.39 is 0 Å². The molecule has 1 aliphatic rings. The van der Waals surface area contributed by atoms with Gasteiger partial charge in [0.15, 0.2) is 5.78 Å². The molecule has 4 nitrogen and oxygen atoms in total. The predicted octanol–water partition coefficient (Wildman–Crippen LogP) is 2.11. The van der Waals surface area contributed by atoms with Crippen molar-refractivity contribution in [1.82, 2.24) is 0 Å². The van der Waals surface area contributed by atoms with Crippen molar-refractivity contribution >= 4 is 11.5 Å². The third-order valence-electron chi connectivity index (χ3n) is 3.41. The number of hydrogen-bond donors (Lipinski definition) is 1. The zero-order valence-electron chi connectivity index (χ0n) is 10.9. The highest BCUT2D eigenvalue weighted by Gasteiger charge is 2.34. The predicted molar refractivity (Wildman–Crippen MR) is 70.1 cm³/mol. The number of nitrogens with one attached hydrogen (secondary N) is 1. The van der Waals surface area contributed by atoms with E-state index in [1.54, 1.807) is 14.0 Å². The second-order valence-electron chi connectivity index (χ2n) is 4.68. The molecule has 0 bridgehead atoms. The molecule has 1 heterocycles. The summed E-state index contributed by atoms with van der Waals surface area (Å²) >= 11 is 0. The van der Waals surface area contributed by atoms with Gasteiger partial charge in [0.2, 0.25) is 0 Å². The molecule has 0 spiro atoms. The Morgan fingerprint density at radius 3 is 2.67 bits per heavy atom. The van der Waals surface area contributed by atoms with Gasteiger partial charge in [-0.1, -0.05) is 0 Å². The van der Waals surface area contributed by atoms with Crippen molar-refractivity contribution in [2.24, 2.45) is 0 Å². The molecule has 1 unspecified atom stereocenters. The second-order valence-corrected chi connectivity index (χ2v) is 4.68. The lowest BCUT2D eigenvalue weighted by atomic mass is 10.0. The van der Waals surface area contributed by atoms with Gasteiger partial charge < -0.3 is 14.8 Å². The minimum atomic E-state index is -0.223. The Kier molecular flexibility index (Phi) is 3.99. The van der Waals surface area contributed by atoms with E-state index in [1.165, 1.54) is 0 Å². The summed E-state index contributed by atoms with van der Waals surface area (Å²) in [4.78, 5) is 11.2. The number of hydrogen-bond acceptors (Lipinski definition) is 4. The smallest absolute Gasteiger partial charge is 0.159 e. The first-order valence-electron chi connectivity index (χ1n) is 6.13. The van der Waals surface area contributed by atoms with Crippen LogP contribution < -0.4 is 5.32 Å². The van der Waals surface area contributed by atoms with Gasteiger partial charge in [0.05, 0.1) is 6.61 Å². The van der Waals surface area contributed by atoms with Crippen molar-refractivity contribution in [1.29, 1.82) is 0 Å². The van der Waals surface area contributed by atoms with E-state index in [1.807, 2.05) is 24.3 Å². The zero-order valence-corrected chi connectivity index (χ0v) is 10.9. The van der Waals surface area contributed by atoms with Crippen LogP contribution in [0.25, 0.3) is 0 Å². The maximum atomic E-state index is 11.2. The van der Waals surface area contributed by atoms with Gasteiger partial charge in [0.1, 0.15) is 5.60 Å². The van der Waals surface area contributed by atoms with Crippen LogP contribution in [0.3, 0.4) is 0 Å². The monoisotopic (exact) mass is 249 g/mol. The highest BCUT2D eigenvalue weighted by Crippen LogP contribution is 2.23. The summed E-state index contributed by atoms with van der Waals surface area (Å²) in [6, 6.07) is 7.48. The maximum absolute atomic E-state index is 11.2. The standard InChI is InChI=1S/C14H19NO3/c1-11(16)12-3-5-13(6-4-12)15-9-14(17-2)7-8-18-10-14/h3-6,15H,7-10H2,1-2H3. The summed E-state index contributed by atoms with van der Waals surface area (Å²) in [6.07, 6.45) is 0.905. The largest absolute Gasteiger partial charge is 0.382 e. The lowest BCUT2D eigenvalue weighted by molar-refractivity contribution is -0.00619. The molecule has 0 aromatic heterocycles. The van der Waals surface area contributed by atoms with Gasteiger partial charge in [-0.3, -0.25) is 4.79 Å². The molecule has 98 valence electrons. The molecule has 1 aliphatic heterocycles. The second kappa shape index (κ2) is 5.50. The fourth-order valence-corrected chi connectivity index (χ4v) is 2.05. The first-order chi connectivity index (χ1) is 8.65. The van der Waals surface area contributed by atoms with Gasteiger partial charge in [0.25, 0.3) is 0 Å². The van der Waals surface area contributed by atoms with E-state index >= 15 is 0 Å². The molecule has 2 rings (SSSR count). The quantitative estimate of drug-likeness (QED) is 0.812. The number of methoxy groups -OCH3 is 1. The molecule has 0 radical (unpaired) electrons. The SMILES string of the molecule is COC1(CNc2ccc(C(C)=O)cc2)CCOC1. The third-order valence-corrected chi connectivity index (χ3v) is 3.41. The van der Waals surface area contributed by atoms with Gasteiger partial charge in [-0.25, -0.2) is 0 Å². The Bertz CT molecular complexity index is 408. The van der Waals surface area contributed by atoms with E-state index in [4.69, 9.17) is 9.47 Å². The van der Waals surface area contributed by atoms with Crippen LogP contribution >= 0.6 is 0 Å². The molecular weight excluding hydrogens is 230 g/mol. The van der Waals surface area contributed by atoms with Gasteiger partial charge >= 0.3 is 0 Å². The van der Waals surface area contributed by atoms with Crippen molar-refractivity contribution < 1.29 is 14.3 Å². The van der Waals surface area contributed by atoms with Crippen LogP contribution in [-0.2, 0) is 9.47 Å². The van der Waals surface area contributed by atoms with Crippen LogP contribution in [0.4, 0.5) is 5.69 Å². The zero-order chi connectivity index (χ0) is 13.0. The Balaban J connectivity index is 1.95. The molecular formula is C14H19NO3. The number of benzene rings is 1. The van der Waals surface area contributed by atoms with Crippen LogP contribution in [0.2, 0.25) is 0 Å². The summed E-state index contributed by atoms with van der Waals surface area (Å²) in [7, 11) is 1.72. The number of Topliss-reactive ketones (excluding diaryl/α,β-unsaturated/α-hetero) is 1. The Labute approximate surface area is 107 Å². The summed E-state index contributed by atoms with van der Waals surface area (Å²) in [5.74, 6) is 0.0825. The molecule has 1 N–H and O–H groups in total. The fraction of sp³-hybridized carbons (Fsp3) is 0.500. The van der Waals surface area contributed by atoms with Crippen molar-refractivity contribution in [2.45, 2.75) is 18.9 Å². The van der Waals surface area contributed by atoms with Crippen molar-refractivity contribution in [3.05, 3.63) is 29.8 Å². The maximum Gasteiger partial charge on any atom is 0.159 e. The molecule has 18 heavy (non-hydrogen) atoms. The summed E-state index contributed by atoms with van der Waals surface area (Å²) < 4.78 is 10.9. The lowest BCUT2D eigenvalue weighted by Gasteiger charge is -2.26. The number of anilines is 1. The van der Waals surface area contributed by atoms with E-state index in [2.05, 4.69) is 5.32 Å². The summed E-state index contributed by atoms with van der Waals surface area (Å²) in [5.41, 5.74) is 1.49. The van der Waals surface area contributed by atoms with Gasteiger partial charge in [-0.2, -0.15) is 0 Å². The molecule has 1 atom stereocenters. The third kappa shape index (κ3) is 2.89. The molecule has 0 amide bonds. The number of carbonyl (C=O) groups is 1. The average molecular weight is 249 g/mol. The molecule has 0 aliphatic carbocycles. The molecule has 1 aromatic carbocycles. The number of ether oxygens (including phenoxy) is 2. The topological polar surface area (TPSA) is 47.6 Å². The van der Waals surface area contributed by atoms with Crippen LogP contribution in [0, 0.1) is 0 Å². The average Bonchev–Trinajstić information content (AvgIpc) is 2.86. The van der Waals surface area contributed by atoms with Gasteiger partial charge in [-0.05, 0) is 31.2 Å². The molecule has 4 heteroatoms. The highest BCUT2D eigenvalue weighted by atomic mass is 16.5. The first-order valence-corrected chi connectivity index (χ1v) is 6.13. The first kappa shape index (κ1) is 13.1. The normalized spacial score (nSPS) is 23.0. The highest BCUT2D eigenvalue weighted by molar-refractivity contribution is 5.94. The van der Waals surface area contributed by atoms with Gasteiger partial charge in [-0.15, -0.1) is 0 Å². The lowest BCUT2D eigenvalue weighted by Crippen LogP contribution is -2.39. The Morgan fingerprint density at radius 2 is 2.17 bits per heavy atom. The molecule has 1 saturated heterocycles. The summed E-state index contributed by atoms with van der Waals surface area (Å²) in [5, 5.41) is 3.33. The summed E-state index contributed by atoms with van der Waals surface area (Å²) in [6.45, 7) is 3.65. The minimum absolute atomic E-state index is 0.0825. The van der Waals surface area contributed by atoms with Crippen LogP contribution in [0.1, 0.15) is 23.7 Å². The Morgan fingerprint density at radius 1 is 1.44 bits per heavy atom.